The fourth-order valence-electron chi connectivity index (χ4n) is 12.9. The van der Waals surface area contributed by atoms with Crippen molar-refractivity contribution in [3.63, 3.8) is 0 Å². The van der Waals surface area contributed by atoms with Gasteiger partial charge in [-0.05, 0) is 171 Å². The van der Waals surface area contributed by atoms with E-state index in [0.29, 0.717) is 40.2 Å². The molecule has 4 bridgehead atoms. The molecular formula is C57H68F2N12O2. The second kappa shape index (κ2) is 19.6. The van der Waals surface area contributed by atoms with Gasteiger partial charge in [0.15, 0.2) is 11.6 Å². The minimum absolute atomic E-state index is 0.0509. The molecule has 0 saturated carbocycles. The van der Waals surface area contributed by atoms with Crippen LogP contribution in [0.2, 0.25) is 0 Å². The Hall–Kier alpha value is -6.78. The lowest BCUT2D eigenvalue weighted by Crippen LogP contribution is -2.67. The Labute approximate surface area is 427 Å². The number of rotatable bonds is 11. The highest BCUT2D eigenvalue weighted by atomic mass is 19.1. The van der Waals surface area contributed by atoms with Crippen molar-refractivity contribution in [1.29, 1.82) is 0 Å². The SMILES string of the molecule is CN(c1ccc(-c2cc(F)c(-c3cn[nH]c3)cc2O)nn1)C1C[C@]2(C)CCC[C@](C)(C1)N2.COc1ccc(CN2[C@@]3(C)CCC[C@]2(C)CC(N(C)c2ccc(-c4cc(F)c(-c5cn[nH]c5)cc4C)nn2)C3)cc1. The van der Waals surface area contributed by atoms with Gasteiger partial charge in [0.05, 0.1) is 30.9 Å². The summed E-state index contributed by atoms with van der Waals surface area (Å²) in [5, 5.41) is 45.5. The molecule has 8 heterocycles. The lowest BCUT2D eigenvalue weighted by molar-refractivity contribution is -0.0976. The van der Waals surface area contributed by atoms with E-state index in [2.05, 4.69) is 127 Å². The van der Waals surface area contributed by atoms with Crippen LogP contribution < -0.4 is 19.9 Å². The lowest BCUT2D eigenvalue weighted by atomic mass is 9.66. The summed E-state index contributed by atoms with van der Waals surface area (Å²) < 4.78 is 35.1. The first kappa shape index (κ1) is 49.8. The number of benzene rings is 3. The largest absolute Gasteiger partial charge is 0.507 e. The van der Waals surface area contributed by atoms with Gasteiger partial charge in [-0.2, -0.15) is 10.2 Å². The number of aromatic nitrogens is 8. The van der Waals surface area contributed by atoms with Crippen LogP contribution in [0.5, 0.6) is 11.5 Å². The Morgan fingerprint density at radius 2 is 1.15 bits per heavy atom. The van der Waals surface area contributed by atoms with Crippen LogP contribution in [-0.4, -0.2) is 106 Å². The molecule has 4 aliphatic heterocycles. The number of phenolic OH excluding ortho intramolecular Hbond substituents is 1. The molecule has 2 unspecified atom stereocenters. The number of hydrogen-bond acceptors (Lipinski definition) is 12. The van der Waals surface area contributed by atoms with E-state index in [1.165, 1.54) is 62.4 Å². The van der Waals surface area contributed by atoms with Crippen molar-refractivity contribution >= 4 is 11.6 Å². The molecule has 4 aromatic heterocycles. The number of aromatic hydroxyl groups is 1. The summed E-state index contributed by atoms with van der Waals surface area (Å²) in [6.45, 7) is 12.4. The van der Waals surface area contributed by atoms with Gasteiger partial charge in [0.2, 0.25) is 0 Å². The minimum Gasteiger partial charge on any atom is -0.507 e. The number of methoxy groups -OCH3 is 1. The van der Waals surface area contributed by atoms with E-state index in [1.54, 1.807) is 37.8 Å². The zero-order valence-electron chi connectivity index (χ0n) is 43.3. The van der Waals surface area contributed by atoms with Crippen LogP contribution in [0.15, 0.2) is 97.6 Å². The topological polar surface area (TPSA) is 160 Å². The van der Waals surface area contributed by atoms with Crippen LogP contribution in [0.4, 0.5) is 20.4 Å². The van der Waals surface area contributed by atoms with Gasteiger partial charge in [-0.3, -0.25) is 15.1 Å². The average molecular weight is 991 g/mol. The Balaban J connectivity index is 0.000000173. The summed E-state index contributed by atoms with van der Waals surface area (Å²) in [6.07, 6.45) is 18.0. The van der Waals surface area contributed by atoms with Crippen LogP contribution in [-0.2, 0) is 6.54 Å². The van der Waals surface area contributed by atoms with E-state index in [-0.39, 0.29) is 39.3 Å². The number of ether oxygens (including phenoxy) is 1. The molecule has 4 aliphatic rings. The number of halogens is 2. The molecule has 6 atom stereocenters. The minimum atomic E-state index is -0.454. The maximum atomic E-state index is 15.0. The highest BCUT2D eigenvalue weighted by molar-refractivity contribution is 5.75. The van der Waals surface area contributed by atoms with Gasteiger partial charge in [-0.15, -0.1) is 20.4 Å². The molecule has 0 aliphatic carbocycles. The van der Waals surface area contributed by atoms with Crippen molar-refractivity contribution in [2.75, 3.05) is 31.0 Å². The zero-order chi connectivity index (χ0) is 51.3. The first-order chi connectivity index (χ1) is 34.9. The summed E-state index contributed by atoms with van der Waals surface area (Å²) in [5.41, 5.74) is 7.02. The average Bonchev–Trinajstić information content (AvgIpc) is 4.12. The fourth-order valence-corrected chi connectivity index (χ4v) is 12.9. The molecule has 16 heteroatoms. The number of nitrogens with one attached hydrogen (secondary N) is 3. The Kier molecular flexibility index (Phi) is 13.3. The Bertz CT molecular complexity index is 2990. The molecule has 73 heavy (non-hydrogen) atoms. The third-order valence-electron chi connectivity index (χ3n) is 16.7. The number of phenols is 1. The quantitative estimate of drug-likeness (QED) is 0.0973. The molecule has 4 fully saturated rings. The normalized spacial score (nSPS) is 25.6. The lowest BCUT2D eigenvalue weighted by Gasteiger charge is -2.62. The molecule has 4 saturated heterocycles. The molecule has 7 aromatic rings. The van der Waals surface area contributed by atoms with E-state index in [0.717, 1.165) is 66.3 Å². The van der Waals surface area contributed by atoms with Gasteiger partial charge in [0.25, 0.3) is 0 Å². The van der Waals surface area contributed by atoms with Crippen LogP contribution in [0, 0.1) is 18.6 Å². The highest BCUT2D eigenvalue weighted by Gasteiger charge is 2.53. The highest BCUT2D eigenvalue weighted by Crippen LogP contribution is 2.50. The molecule has 14 nitrogen and oxygen atoms in total. The fraction of sp³-hybridized carbons (Fsp3) is 0.439. The monoisotopic (exact) mass is 991 g/mol. The number of aromatic amines is 2. The van der Waals surface area contributed by atoms with Crippen molar-refractivity contribution in [2.45, 2.75) is 140 Å². The molecule has 0 spiro atoms. The van der Waals surface area contributed by atoms with Gasteiger partial charge >= 0.3 is 0 Å². The number of fused-ring (bicyclic) bond motifs is 4. The summed E-state index contributed by atoms with van der Waals surface area (Å²) >= 11 is 0. The molecular weight excluding hydrogens is 923 g/mol. The number of hydrogen-bond donors (Lipinski definition) is 4. The van der Waals surface area contributed by atoms with Crippen LogP contribution >= 0.6 is 0 Å². The first-order valence-electron chi connectivity index (χ1n) is 25.6. The van der Waals surface area contributed by atoms with Crippen LogP contribution in [0.3, 0.4) is 0 Å². The molecule has 3 aromatic carbocycles. The Morgan fingerprint density at radius 1 is 0.644 bits per heavy atom. The van der Waals surface area contributed by atoms with Gasteiger partial charge in [0, 0.05) is 101 Å². The van der Waals surface area contributed by atoms with Gasteiger partial charge in [-0.25, -0.2) is 8.78 Å². The summed E-state index contributed by atoms with van der Waals surface area (Å²) in [6, 6.07) is 23.0. The third-order valence-corrected chi connectivity index (χ3v) is 16.7. The number of anilines is 2. The van der Waals surface area contributed by atoms with Crippen molar-refractivity contribution in [1.82, 2.24) is 51.0 Å². The summed E-state index contributed by atoms with van der Waals surface area (Å²) in [4.78, 5) is 7.27. The number of nitrogens with zero attached hydrogens (tertiary/aromatic N) is 9. The molecule has 0 amide bonds. The van der Waals surface area contributed by atoms with Gasteiger partial charge in [0.1, 0.15) is 23.1 Å². The van der Waals surface area contributed by atoms with Gasteiger partial charge < -0.3 is 25.0 Å². The molecule has 382 valence electrons. The smallest absolute Gasteiger partial charge is 0.151 e. The zero-order valence-corrected chi connectivity index (χ0v) is 43.3. The maximum absolute atomic E-state index is 15.0. The van der Waals surface area contributed by atoms with Crippen LogP contribution in [0.1, 0.15) is 103 Å². The van der Waals surface area contributed by atoms with E-state index in [1.807, 2.05) is 31.2 Å². The van der Waals surface area contributed by atoms with Crippen molar-refractivity contribution in [3.05, 3.63) is 120 Å². The van der Waals surface area contributed by atoms with Crippen molar-refractivity contribution in [2.24, 2.45) is 0 Å². The third kappa shape index (κ3) is 10.0. The second-order valence-electron chi connectivity index (χ2n) is 22.3. The van der Waals surface area contributed by atoms with Crippen LogP contribution in [0.25, 0.3) is 44.8 Å². The van der Waals surface area contributed by atoms with Crippen molar-refractivity contribution in [3.8, 4) is 56.3 Å². The standard InChI is InChI=1S/C33H39FN6O.C24H29FN6O/c1-22-15-28(24-19-35-36-20-24)29(34)16-27(22)30-11-12-31(38-37-30)39(4)25-17-32(2)13-6-14-33(3,18-25)40(32)21-23-7-9-26(41-5)10-8-23;1-23-7-4-8-24(2,30-23)12-16(11-23)31(3)22-6-5-20(28-29-22)18-9-19(25)17(10-21(18)32)15-13-26-27-14-15/h7-12,15-16,19-20,25H,6,13-14,17-18,21H2,1-5H3,(H,35,36);5-6,9-10,13-14,16,30,32H,4,7-8,11-12H2,1-3H3,(H,26,27)/t25?,32-,33+;16?,23-,24+. The molecule has 0 radical (unpaired) electrons. The molecule has 11 rings (SSSR count). The van der Waals surface area contributed by atoms with E-state index < -0.39 is 5.82 Å². The Morgan fingerprint density at radius 3 is 1.66 bits per heavy atom. The summed E-state index contributed by atoms with van der Waals surface area (Å²) in [7, 11) is 5.92. The van der Waals surface area contributed by atoms with E-state index >= 15 is 4.39 Å². The van der Waals surface area contributed by atoms with Gasteiger partial charge in [-0.1, -0.05) is 12.1 Å². The number of piperidine rings is 4. The van der Waals surface area contributed by atoms with Crippen molar-refractivity contribution < 1.29 is 18.6 Å². The maximum Gasteiger partial charge on any atom is 0.151 e. The predicted molar refractivity (Wildman–Crippen MR) is 282 cm³/mol. The van der Waals surface area contributed by atoms with E-state index in [9.17, 15) is 9.50 Å². The molecule has 4 N–H and O–H groups in total. The number of H-pyrrole nitrogens is 2. The second-order valence-corrected chi connectivity index (χ2v) is 22.3. The predicted octanol–water partition coefficient (Wildman–Crippen LogP) is 11.1. The summed E-state index contributed by atoms with van der Waals surface area (Å²) in [5.74, 6) is 1.71. The first-order valence-corrected chi connectivity index (χ1v) is 25.6. The number of aryl methyl sites for hydroxylation is 1. The van der Waals surface area contributed by atoms with E-state index in [4.69, 9.17) is 4.74 Å².